The normalized spacial score (nSPS) is 19.2. The highest BCUT2D eigenvalue weighted by Crippen LogP contribution is 2.25. The lowest BCUT2D eigenvalue weighted by atomic mass is 10.1. The van der Waals surface area contributed by atoms with E-state index in [4.69, 9.17) is 9.72 Å². The number of ether oxygens (including phenoxy) is 1. The summed E-state index contributed by atoms with van der Waals surface area (Å²) in [4.78, 5) is 7.12. The van der Waals surface area contributed by atoms with E-state index in [-0.39, 0.29) is 6.10 Å². The summed E-state index contributed by atoms with van der Waals surface area (Å²) in [7, 11) is 0. The molecule has 23 heavy (non-hydrogen) atoms. The zero-order valence-electron chi connectivity index (χ0n) is 13.8. The van der Waals surface area contributed by atoms with Crippen molar-refractivity contribution in [1.82, 2.24) is 20.1 Å². The molecule has 1 fully saturated rings. The standard InChI is InChI=1S/C16H23N5OS/c1-4-15-19-20-16(23-15)18-14-7-5-6-12(17-14)13-10-21(11(2)3)8-9-22-13/h5-7,11,13H,4,8-10H2,1-3H3,(H,17,18,20). The summed E-state index contributed by atoms with van der Waals surface area (Å²) in [6, 6.07) is 6.50. The van der Waals surface area contributed by atoms with Gasteiger partial charge in [-0.05, 0) is 32.4 Å². The van der Waals surface area contributed by atoms with Crippen LogP contribution in [0.4, 0.5) is 10.9 Å². The number of rotatable bonds is 5. The van der Waals surface area contributed by atoms with E-state index in [1.165, 1.54) is 0 Å². The van der Waals surface area contributed by atoms with Crippen molar-refractivity contribution < 1.29 is 4.74 Å². The molecule has 1 aliphatic heterocycles. The van der Waals surface area contributed by atoms with Crippen LogP contribution in [-0.4, -0.2) is 45.8 Å². The lowest BCUT2D eigenvalue weighted by Crippen LogP contribution is -2.42. The van der Waals surface area contributed by atoms with Crippen LogP contribution in [0.3, 0.4) is 0 Å². The van der Waals surface area contributed by atoms with Crippen LogP contribution in [0.5, 0.6) is 0 Å². The molecule has 124 valence electrons. The molecule has 2 aromatic rings. The quantitative estimate of drug-likeness (QED) is 0.907. The van der Waals surface area contributed by atoms with Crippen molar-refractivity contribution in [3.8, 4) is 0 Å². The Morgan fingerprint density at radius 3 is 3.00 bits per heavy atom. The fraction of sp³-hybridized carbons (Fsp3) is 0.562. The smallest absolute Gasteiger partial charge is 0.211 e. The number of aryl methyl sites for hydroxylation is 1. The van der Waals surface area contributed by atoms with Gasteiger partial charge in [-0.3, -0.25) is 4.90 Å². The number of hydrogen-bond donors (Lipinski definition) is 1. The van der Waals surface area contributed by atoms with E-state index in [0.29, 0.717) is 6.04 Å². The van der Waals surface area contributed by atoms with Gasteiger partial charge in [-0.2, -0.15) is 0 Å². The van der Waals surface area contributed by atoms with Gasteiger partial charge in [0.1, 0.15) is 16.9 Å². The first-order valence-electron chi connectivity index (χ1n) is 8.07. The van der Waals surface area contributed by atoms with E-state index in [9.17, 15) is 0 Å². The minimum atomic E-state index is 0.0218. The fourth-order valence-electron chi connectivity index (χ4n) is 2.57. The second-order valence-electron chi connectivity index (χ2n) is 5.88. The van der Waals surface area contributed by atoms with Gasteiger partial charge in [-0.1, -0.05) is 24.3 Å². The first-order chi connectivity index (χ1) is 11.2. The van der Waals surface area contributed by atoms with Gasteiger partial charge in [0.05, 0.1) is 12.3 Å². The Morgan fingerprint density at radius 1 is 1.39 bits per heavy atom. The molecule has 0 saturated carbocycles. The van der Waals surface area contributed by atoms with Crippen LogP contribution < -0.4 is 5.32 Å². The van der Waals surface area contributed by atoms with E-state index < -0.39 is 0 Å². The maximum atomic E-state index is 5.91. The summed E-state index contributed by atoms with van der Waals surface area (Å²) in [5.74, 6) is 0.784. The van der Waals surface area contributed by atoms with Crippen LogP contribution in [0.25, 0.3) is 0 Å². The zero-order chi connectivity index (χ0) is 16.2. The largest absolute Gasteiger partial charge is 0.369 e. The third-order valence-corrected chi connectivity index (χ3v) is 4.92. The molecule has 0 aromatic carbocycles. The molecule has 0 amide bonds. The van der Waals surface area contributed by atoms with Crippen LogP contribution in [0, 0.1) is 0 Å². The Labute approximate surface area is 140 Å². The molecule has 3 rings (SSSR count). The second-order valence-corrected chi connectivity index (χ2v) is 6.94. The van der Waals surface area contributed by atoms with E-state index >= 15 is 0 Å². The third-order valence-electron chi connectivity index (χ3n) is 3.93. The monoisotopic (exact) mass is 333 g/mol. The van der Waals surface area contributed by atoms with E-state index in [0.717, 1.165) is 47.8 Å². The number of morpholine rings is 1. The second kappa shape index (κ2) is 7.33. The number of pyridine rings is 1. The maximum Gasteiger partial charge on any atom is 0.211 e. The minimum Gasteiger partial charge on any atom is -0.369 e. The first-order valence-corrected chi connectivity index (χ1v) is 8.89. The Hall–Kier alpha value is -1.57. The molecule has 2 aromatic heterocycles. The number of aromatic nitrogens is 3. The average Bonchev–Trinajstić information content (AvgIpc) is 3.03. The molecule has 0 spiro atoms. The van der Waals surface area contributed by atoms with Gasteiger partial charge in [0, 0.05) is 19.1 Å². The molecule has 1 saturated heterocycles. The van der Waals surface area contributed by atoms with Gasteiger partial charge >= 0.3 is 0 Å². The molecule has 0 radical (unpaired) electrons. The van der Waals surface area contributed by atoms with Crippen molar-refractivity contribution in [2.24, 2.45) is 0 Å². The summed E-state index contributed by atoms with van der Waals surface area (Å²) >= 11 is 1.56. The van der Waals surface area contributed by atoms with Crippen molar-refractivity contribution >= 4 is 22.3 Å². The zero-order valence-corrected chi connectivity index (χ0v) is 14.6. The highest BCUT2D eigenvalue weighted by atomic mass is 32.1. The van der Waals surface area contributed by atoms with Crippen molar-refractivity contribution in [1.29, 1.82) is 0 Å². The highest BCUT2D eigenvalue weighted by Gasteiger charge is 2.24. The summed E-state index contributed by atoms with van der Waals surface area (Å²) < 4.78 is 5.91. The molecule has 3 heterocycles. The summed E-state index contributed by atoms with van der Waals surface area (Å²) in [5.41, 5.74) is 0.959. The summed E-state index contributed by atoms with van der Waals surface area (Å²) in [5, 5.41) is 13.3. The Bertz CT molecular complexity index is 645. The van der Waals surface area contributed by atoms with E-state index in [1.807, 2.05) is 18.2 Å². The van der Waals surface area contributed by atoms with Crippen molar-refractivity contribution in [2.75, 3.05) is 25.0 Å². The van der Waals surface area contributed by atoms with Crippen molar-refractivity contribution in [2.45, 2.75) is 39.3 Å². The molecule has 0 aliphatic carbocycles. The van der Waals surface area contributed by atoms with Crippen LogP contribution in [-0.2, 0) is 11.2 Å². The molecule has 1 atom stereocenters. The molecular weight excluding hydrogens is 310 g/mol. The van der Waals surface area contributed by atoms with Gasteiger partial charge in [0.25, 0.3) is 0 Å². The van der Waals surface area contributed by atoms with E-state index in [2.05, 4.69) is 41.2 Å². The number of hydrogen-bond acceptors (Lipinski definition) is 7. The lowest BCUT2D eigenvalue weighted by Gasteiger charge is -2.35. The molecule has 0 bridgehead atoms. The predicted molar refractivity (Wildman–Crippen MR) is 92.2 cm³/mol. The molecule has 6 nitrogen and oxygen atoms in total. The maximum absolute atomic E-state index is 5.91. The Kier molecular flexibility index (Phi) is 5.20. The number of anilines is 2. The van der Waals surface area contributed by atoms with Crippen molar-refractivity contribution in [3.63, 3.8) is 0 Å². The number of nitrogens with zero attached hydrogens (tertiary/aromatic N) is 4. The molecule has 1 N–H and O–H groups in total. The average molecular weight is 333 g/mol. The fourth-order valence-corrected chi connectivity index (χ4v) is 3.26. The molecule has 1 unspecified atom stereocenters. The first kappa shape index (κ1) is 16.3. The van der Waals surface area contributed by atoms with Crippen molar-refractivity contribution in [3.05, 3.63) is 28.9 Å². The topological polar surface area (TPSA) is 63.2 Å². The van der Waals surface area contributed by atoms with Crippen LogP contribution in [0.1, 0.15) is 37.6 Å². The van der Waals surface area contributed by atoms with Gasteiger partial charge in [0.2, 0.25) is 5.13 Å². The Morgan fingerprint density at radius 2 is 2.26 bits per heavy atom. The predicted octanol–water partition coefficient (Wildman–Crippen LogP) is 3.02. The Balaban J connectivity index is 1.71. The van der Waals surface area contributed by atoms with Gasteiger partial charge in [-0.25, -0.2) is 4.98 Å². The van der Waals surface area contributed by atoms with Crippen LogP contribution >= 0.6 is 11.3 Å². The van der Waals surface area contributed by atoms with Gasteiger partial charge in [0.15, 0.2) is 0 Å². The molecular formula is C16H23N5OS. The van der Waals surface area contributed by atoms with Gasteiger partial charge < -0.3 is 10.1 Å². The minimum absolute atomic E-state index is 0.0218. The summed E-state index contributed by atoms with van der Waals surface area (Å²) in [6.45, 7) is 9.12. The van der Waals surface area contributed by atoms with Crippen LogP contribution in [0.15, 0.2) is 18.2 Å². The third kappa shape index (κ3) is 4.04. The number of nitrogens with one attached hydrogen (secondary N) is 1. The van der Waals surface area contributed by atoms with Crippen LogP contribution in [0.2, 0.25) is 0 Å². The van der Waals surface area contributed by atoms with E-state index in [1.54, 1.807) is 11.3 Å². The summed E-state index contributed by atoms with van der Waals surface area (Å²) in [6.07, 6.45) is 0.918. The highest BCUT2D eigenvalue weighted by molar-refractivity contribution is 7.15. The molecule has 7 heteroatoms. The SMILES string of the molecule is CCc1nnc(Nc2cccc(C3CN(C(C)C)CCO3)n2)s1. The molecule has 1 aliphatic rings. The lowest BCUT2D eigenvalue weighted by molar-refractivity contribution is -0.0420. The van der Waals surface area contributed by atoms with Gasteiger partial charge in [-0.15, -0.1) is 10.2 Å².